The maximum atomic E-state index is 11.9. The zero-order chi connectivity index (χ0) is 55.0. The van der Waals surface area contributed by atoms with Crippen molar-refractivity contribution in [3.8, 4) is 62.8 Å². The SMILES string of the molecule is O=C(O)c1cc(OCc2cc(COc3cc(C(=O)O)cc(C(=O)O)c3)cc(Oc3ccc4c5nc6nc(nc7[n-]c(nc8n[n+](nc([n-]5)c4c3)-c3c(Cl)c(Cl)c(Cl)c(Cl)c3-8)c3ccccc73)-c3ccccc3-6)c2)cc(C(=O)O)c1.[Zn+2]. The Morgan fingerprint density at radius 3 is 1.43 bits per heavy atom. The average molecular weight is 1200 g/mol. The Bertz CT molecular complexity index is 4380. The van der Waals surface area contributed by atoms with Gasteiger partial charge in [-0.25, -0.2) is 24.2 Å². The van der Waals surface area contributed by atoms with Crippen molar-refractivity contribution in [2.24, 2.45) is 0 Å². The number of ether oxygens (including phenoxy) is 3. The van der Waals surface area contributed by atoms with Gasteiger partial charge in [0.1, 0.15) is 46.8 Å². The first-order valence-corrected chi connectivity index (χ1v) is 24.7. The smallest absolute Gasteiger partial charge is 0.489 e. The topological polar surface area (TPSA) is 286 Å². The molecule has 80 heavy (non-hydrogen) atoms. The van der Waals surface area contributed by atoms with E-state index in [-0.39, 0.29) is 132 Å². The zero-order valence-electron chi connectivity index (χ0n) is 40.4. The first kappa shape index (κ1) is 52.9. The van der Waals surface area contributed by atoms with Gasteiger partial charge in [-0.15, -0.1) is 0 Å². The minimum Gasteiger partial charge on any atom is -0.489 e. The standard InChI is InChI=1S/C55H29Cl4N9O11.Zn/c56-40-39-44(43(59)42(58)41(40)57)68-66-50-38-20-29(9-10-37(38)49(64-50)63-47-34-6-2-1-5-33(34)45(61-47)60-46-35-7-3-4-8-36(35)48(62-46)65-51(39)67-68)79-32-12-23(21-77-30-16-25(52(69)70)14-26(17-30)53(71)72)11-24(13-32)22-78-31-18-27(54(73)74)15-28(19-31)55(75)76;/h1-20H,21-22H2,(H5,60,61,62,63,64,65,66,67,69,70,71,72,73,74,75,76);/q;+2/p-1. The fourth-order valence-corrected chi connectivity index (χ4v) is 9.91. The second-order valence-electron chi connectivity index (χ2n) is 17.6. The molecule has 3 aromatic heterocycles. The van der Waals surface area contributed by atoms with Crippen LogP contribution in [-0.4, -0.2) is 74.4 Å². The van der Waals surface area contributed by atoms with Gasteiger partial charge in [-0.1, -0.05) is 100 Å². The summed E-state index contributed by atoms with van der Waals surface area (Å²) in [4.78, 5) is 78.3. The number of rotatable bonds is 12. The quantitative estimate of drug-likeness (QED) is 0.0383. The monoisotopic (exact) mass is 1190 g/mol. The molecule has 0 radical (unpaired) electrons. The van der Waals surface area contributed by atoms with Crippen LogP contribution in [0.3, 0.4) is 0 Å². The Hall–Kier alpha value is -9.11. The number of nitrogens with zero attached hydrogens (tertiary/aromatic N) is 9. The molecule has 0 saturated heterocycles. The van der Waals surface area contributed by atoms with Crippen molar-refractivity contribution in [1.82, 2.24) is 40.1 Å². The summed E-state index contributed by atoms with van der Waals surface area (Å²) < 4.78 is 18.5. The summed E-state index contributed by atoms with van der Waals surface area (Å²) in [6, 6.07) is 31.4. The van der Waals surface area contributed by atoms with Crippen molar-refractivity contribution in [3.05, 3.63) is 175 Å². The van der Waals surface area contributed by atoms with Crippen LogP contribution in [0.2, 0.25) is 20.1 Å². The number of carboxylic acid groups (broad SMARTS) is 4. The number of carboxylic acids is 4. The maximum Gasteiger partial charge on any atom is 2.00 e. The molecule has 8 bridgehead atoms. The largest absolute Gasteiger partial charge is 2.00 e. The Morgan fingerprint density at radius 2 is 0.912 bits per heavy atom. The Balaban J connectivity index is 0.00000675. The van der Waals surface area contributed by atoms with Crippen LogP contribution in [0, 0.1) is 0 Å². The van der Waals surface area contributed by atoms with Crippen molar-refractivity contribution >= 4 is 114 Å². The molecule has 0 unspecified atom stereocenters. The van der Waals surface area contributed by atoms with Crippen LogP contribution < -0.4 is 29.0 Å². The minimum atomic E-state index is -1.38. The number of fused-ring (bicyclic) bond motifs is 20. The number of hydrogen-bond donors (Lipinski definition) is 4. The van der Waals surface area contributed by atoms with Gasteiger partial charge >= 0.3 is 43.4 Å². The summed E-state index contributed by atoms with van der Waals surface area (Å²) in [6.45, 7) is -0.507. The van der Waals surface area contributed by atoms with Crippen molar-refractivity contribution in [1.29, 1.82) is 0 Å². The van der Waals surface area contributed by atoms with Gasteiger partial charge in [-0.2, -0.15) is 0 Å². The summed E-state index contributed by atoms with van der Waals surface area (Å²) in [7, 11) is 0. The molecule has 0 amide bonds. The van der Waals surface area contributed by atoms with Crippen LogP contribution in [0.15, 0.2) is 121 Å². The van der Waals surface area contributed by atoms with Crippen LogP contribution in [0.1, 0.15) is 52.6 Å². The summed E-state index contributed by atoms with van der Waals surface area (Å²) in [5.74, 6) is -4.52. The van der Waals surface area contributed by atoms with E-state index < -0.39 is 23.9 Å². The van der Waals surface area contributed by atoms with E-state index >= 15 is 0 Å². The van der Waals surface area contributed by atoms with E-state index in [1.165, 1.54) is 29.1 Å². The molecule has 12 rings (SSSR count). The third-order valence-corrected chi connectivity index (χ3v) is 14.3. The molecular weight excluding hydrogens is 1170 g/mol. The molecule has 2 aliphatic heterocycles. The summed E-state index contributed by atoms with van der Waals surface area (Å²) in [6.07, 6.45) is 0. The van der Waals surface area contributed by atoms with E-state index in [1.807, 2.05) is 48.5 Å². The van der Waals surface area contributed by atoms with Gasteiger partial charge in [0, 0.05) is 43.3 Å². The third kappa shape index (κ3) is 9.81. The van der Waals surface area contributed by atoms with E-state index in [9.17, 15) is 39.6 Å². The van der Waals surface area contributed by atoms with Crippen molar-refractivity contribution < 1.29 is 78.1 Å². The normalized spacial score (nSPS) is 11.4. The molecule has 4 N–H and O–H groups in total. The van der Waals surface area contributed by atoms with Crippen LogP contribution in [-0.2, 0) is 32.7 Å². The second kappa shape index (κ2) is 20.9. The van der Waals surface area contributed by atoms with Crippen molar-refractivity contribution in [3.63, 3.8) is 0 Å². The molecule has 10 aromatic rings. The molecule has 388 valence electrons. The number of carbonyl (C=O) groups is 4. The van der Waals surface area contributed by atoms with Crippen molar-refractivity contribution in [2.75, 3.05) is 0 Å². The summed E-state index contributed by atoms with van der Waals surface area (Å²) in [5.41, 5.74) is 2.09. The van der Waals surface area contributed by atoms with E-state index in [1.54, 1.807) is 36.4 Å². The Labute approximate surface area is 480 Å². The number of aromatic nitrogens is 9. The molecule has 0 saturated carbocycles. The van der Waals surface area contributed by atoms with Crippen LogP contribution in [0.5, 0.6) is 23.0 Å². The van der Waals surface area contributed by atoms with Gasteiger partial charge in [-0.3, -0.25) is 0 Å². The first-order valence-electron chi connectivity index (χ1n) is 23.2. The number of hydrogen-bond acceptors (Lipinski definition) is 13. The van der Waals surface area contributed by atoms with Crippen LogP contribution in [0.25, 0.3) is 84.0 Å². The molecule has 0 atom stereocenters. The molecular formula is C55H28Cl4N9O11Zn+. The molecule has 2 aliphatic rings. The first-order chi connectivity index (χ1) is 38.0. The molecule has 25 heteroatoms. The molecule has 20 nitrogen and oxygen atoms in total. The third-order valence-electron chi connectivity index (χ3n) is 12.5. The van der Waals surface area contributed by atoms with E-state index in [0.717, 1.165) is 12.1 Å². The number of aromatic carboxylic acids is 4. The fourth-order valence-electron chi connectivity index (χ4n) is 8.90. The molecule has 0 aliphatic carbocycles. The van der Waals surface area contributed by atoms with E-state index in [0.29, 0.717) is 61.1 Å². The molecule has 7 aromatic carbocycles. The van der Waals surface area contributed by atoms with Crippen LogP contribution >= 0.6 is 46.4 Å². The Morgan fingerprint density at radius 1 is 0.450 bits per heavy atom. The fraction of sp³-hybridized carbons (Fsp3) is 0.0364. The average Bonchev–Trinajstić information content (AvgIpc) is 4.23. The predicted molar refractivity (Wildman–Crippen MR) is 286 cm³/mol. The second-order valence-corrected chi connectivity index (χ2v) is 19.1. The Kier molecular flexibility index (Phi) is 13.8. The molecule has 0 spiro atoms. The van der Waals surface area contributed by atoms with E-state index in [2.05, 4.69) is 0 Å². The maximum absolute atomic E-state index is 11.9. The zero-order valence-corrected chi connectivity index (χ0v) is 46.3. The molecule has 0 fully saturated rings. The van der Waals surface area contributed by atoms with E-state index in [4.69, 9.17) is 101 Å². The van der Waals surface area contributed by atoms with Crippen LogP contribution in [0.4, 0.5) is 0 Å². The number of halogens is 4. The number of benzene rings is 7. The van der Waals surface area contributed by atoms with Gasteiger partial charge in [0.15, 0.2) is 5.82 Å². The van der Waals surface area contributed by atoms with Gasteiger partial charge < -0.3 is 59.6 Å². The van der Waals surface area contributed by atoms with Crippen molar-refractivity contribution in [2.45, 2.75) is 13.2 Å². The predicted octanol–water partition coefficient (Wildman–Crippen LogP) is 11.1. The molecule has 5 heterocycles. The minimum absolute atomic E-state index is 0. The summed E-state index contributed by atoms with van der Waals surface area (Å²) in [5, 5.41) is 50.5. The van der Waals surface area contributed by atoms with Gasteiger partial charge in [0.2, 0.25) is 0 Å². The van der Waals surface area contributed by atoms with Gasteiger partial charge in [0.25, 0.3) is 5.69 Å². The van der Waals surface area contributed by atoms with Gasteiger partial charge in [-0.05, 0) is 100 Å². The van der Waals surface area contributed by atoms with Gasteiger partial charge in [0.05, 0.1) is 54.6 Å². The summed E-state index contributed by atoms with van der Waals surface area (Å²) >= 11 is 27.2.